The van der Waals surface area contributed by atoms with Gasteiger partial charge in [0.25, 0.3) is 5.56 Å². The molecule has 5 rings (SSSR count). The van der Waals surface area contributed by atoms with E-state index in [0.29, 0.717) is 29.1 Å². The second kappa shape index (κ2) is 5.98. The number of rotatable bonds is 2. The first-order valence-electron chi connectivity index (χ1n) is 9.71. The third kappa shape index (κ3) is 2.28. The van der Waals surface area contributed by atoms with E-state index in [-0.39, 0.29) is 24.6 Å². The third-order valence-corrected chi connectivity index (χ3v) is 6.09. The molecule has 3 N–H and O–H groups in total. The highest BCUT2D eigenvalue weighted by Gasteiger charge is 2.45. The number of nitrogens with zero attached hydrogens (tertiary/aromatic N) is 2. The molecular weight excluding hydrogens is 370 g/mol. The van der Waals surface area contributed by atoms with Crippen molar-refractivity contribution in [3.05, 3.63) is 62.9 Å². The van der Waals surface area contributed by atoms with Crippen LogP contribution in [0.15, 0.2) is 35.1 Å². The molecule has 4 heterocycles. The Morgan fingerprint density at radius 1 is 1.31 bits per heavy atom. The number of hydrogen-bond donors (Lipinski definition) is 2. The minimum absolute atomic E-state index is 0.116. The lowest BCUT2D eigenvalue weighted by Gasteiger charge is -2.31. The maximum absolute atomic E-state index is 13.3. The molecule has 2 aliphatic heterocycles. The first-order valence-corrected chi connectivity index (χ1v) is 9.71. The molecule has 0 bridgehead atoms. The van der Waals surface area contributed by atoms with Crippen molar-refractivity contribution in [1.82, 2.24) is 9.55 Å². The second-order valence-electron chi connectivity index (χ2n) is 7.76. The van der Waals surface area contributed by atoms with E-state index in [9.17, 15) is 14.7 Å². The molecule has 2 aliphatic rings. The van der Waals surface area contributed by atoms with Gasteiger partial charge in [-0.1, -0.05) is 25.1 Å². The van der Waals surface area contributed by atoms with E-state index in [2.05, 4.69) is 0 Å². The molecule has 1 aromatic carbocycles. The summed E-state index contributed by atoms with van der Waals surface area (Å²) in [6.07, 6.45) is 0.116. The van der Waals surface area contributed by atoms with E-state index in [1.807, 2.05) is 31.2 Å². The number of fused-ring (bicyclic) bond motifs is 5. The second-order valence-corrected chi connectivity index (χ2v) is 7.76. The molecule has 2 aromatic heterocycles. The monoisotopic (exact) mass is 391 g/mol. The molecule has 7 heteroatoms. The topological polar surface area (TPSA) is 107 Å². The normalized spacial score (nSPS) is 20.8. The summed E-state index contributed by atoms with van der Waals surface area (Å²) in [5.74, 6) is -0.724. The number of hydrogen-bond acceptors (Lipinski definition) is 6. The van der Waals surface area contributed by atoms with Crippen LogP contribution in [0.3, 0.4) is 0 Å². The molecular formula is C22H21N3O4. The van der Waals surface area contributed by atoms with Gasteiger partial charge in [0.2, 0.25) is 0 Å². The zero-order valence-electron chi connectivity index (χ0n) is 16.2. The maximum Gasteiger partial charge on any atom is 0.343 e. The third-order valence-electron chi connectivity index (χ3n) is 6.09. The van der Waals surface area contributed by atoms with E-state index in [1.165, 1.54) is 0 Å². The number of nitrogens with two attached hydrogens (primary N) is 1. The van der Waals surface area contributed by atoms with Crippen LogP contribution >= 0.6 is 0 Å². The Morgan fingerprint density at radius 2 is 2.07 bits per heavy atom. The zero-order chi connectivity index (χ0) is 20.5. The van der Waals surface area contributed by atoms with Crippen LogP contribution in [0.2, 0.25) is 0 Å². The number of aromatic nitrogens is 2. The molecule has 148 valence electrons. The van der Waals surface area contributed by atoms with Gasteiger partial charge in [0, 0.05) is 22.6 Å². The molecule has 3 aromatic rings. The molecule has 2 atom stereocenters. The summed E-state index contributed by atoms with van der Waals surface area (Å²) in [4.78, 5) is 30.3. The Balaban J connectivity index is 1.85. The van der Waals surface area contributed by atoms with Crippen molar-refractivity contribution in [3.8, 4) is 11.4 Å². The Morgan fingerprint density at radius 3 is 2.79 bits per heavy atom. The molecule has 0 radical (unpaired) electrons. The number of cyclic esters (lactones) is 1. The van der Waals surface area contributed by atoms with Crippen molar-refractivity contribution in [2.24, 2.45) is 5.73 Å². The van der Waals surface area contributed by atoms with Crippen LogP contribution in [0.1, 0.15) is 48.6 Å². The van der Waals surface area contributed by atoms with Gasteiger partial charge in [-0.05, 0) is 31.0 Å². The quantitative estimate of drug-likeness (QED) is 0.507. The van der Waals surface area contributed by atoms with Gasteiger partial charge in [-0.3, -0.25) is 4.79 Å². The average Bonchev–Trinajstić information content (AvgIpc) is 3.07. The van der Waals surface area contributed by atoms with Crippen LogP contribution in [0.25, 0.3) is 22.3 Å². The van der Waals surface area contributed by atoms with E-state index in [1.54, 1.807) is 17.6 Å². The SMILES string of the molecule is CC[C@@]1(O)C(=O)OCc2c1cc1n(c2=O)Cc2c-1nc1ccccc1c2[C@@H](C)N. The van der Waals surface area contributed by atoms with E-state index in [0.717, 1.165) is 22.0 Å². The molecule has 0 fully saturated rings. The molecule has 0 aliphatic carbocycles. The van der Waals surface area contributed by atoms with Crippen molar-refractivity contribution in [2.45, 2.75) is 45.1 Å². The van der Waals surface area contributed by atoms with Gasteiger partial charge in [-0.25, -0.2) is 9.78 Å². The van der Waals surface area contributed by atoms with Crippen LogP contribution in [0.5, 0.6) is 0 Å². The van der Waals surface area contributed by atoms with Crippen LogP contribution in [-0.2, 0) is 28.3 Å². The van der Waals surface area contributed by atoms with Crippen LogP contribution in [0, 0.1) is 0 Å². The molecule has 29 heavy (non-hydrogen) atoms. The van der Waals surface area contributed by atoms with Crippen molar-refractivity contribution in [3.63, 3.8) is 0 Å². The van der Waals surface area contributed by atoms with Crippen molar-refractivity contribution in [1.29, 1.82) is 0 Å². The fourth-order valence-corrected chi connectivity index (χ4v) is 4.58. The number of benzene rings is 1. The summed E-state index contributed by atoms with van der Waals surface area (Å²) in [5.41, 5.74) is 8.78. The summed E-state index contributed by atoms with van der Waals surface area (Å²) in [6, 6.07) is 9.24. The van der Waals surface area contributed by atoms with E-state index in [4.69, 9.17) is 15.5 Å². The Hall–Kier alpha value is -3.03. The zero-order valence-corrected chi connectivity index (χ0v) is 16.2. The van der Waals surface area contributed by atoms with Crippen molar-refractivity contribution >= 4 is 16.9 Å². The highest BCUT2D eigenvalue weighted by atomic mass is 16.6. The molecule has 0 unspecified atom stereocenters. The first-order chi connectivity index (χ1) is 13.9. The lowest BCUT2D eigenvalue weighted by molar-refractivity contribution is -0.172. The summed E-state index contributed by atoms with van der Waals surface area (Å²) < 4.78 is 6.75. The van der Waals surface area contributed by atoms with Gasteiger partial charge in [0.1, 0.15) is 6.61 Å². The average molecular weight is 391 g/mol. The lowest BCUT2D eigenvalue weighted by atomic mass is 9.86. The van der Waals surface area contributed by atoms with Gasteiger partial charge in [-0.2, -0.15) is 0 Å². The molecule has 0 spiro atoms. The van der Waals surface area contributed by atoms with Crippen LogP contribution < -0.4 is 11.3 Å². The maximum atomic E-state index is 13.3. The predicted octanol–water partition coefficient (Wildman–Crippen LogP) is 2.10. The van der Waals surface area contributed by atoms with Crippen molar-refractivity contribution < 1.29 is 14.6 Å². The molecule has 0 saturated carbocycles. The molecule has 7 nitrogen and oxygen atoms in total. The summed E-state index contributed by atoms with van der Waals surface area (Å²) in [5, 5.41) is 11.9. The number of aliphatic hydroxyl groups is 1. The minimum atomic E-state index is -1.83. The fourth-order valence-electron chi connectivity index (χ4n) is 4.58. The van der Waals surface area contributed by atoms with Crippen LogP contribution in [-0.4, -0.2) is 20.6 Å². The summed E-state index contributed by atoms with van der Waals surface area (Å²) in [7, 11) is 0. The predicted molar refractivity (Wildman–Crippen MR) is 107 cm³/mol. The number of esters is 1. The first kappa shape index (κ1) is 18.0. The Bertz CT molecular complexity index is 1260. The summed E-state index contributed by atoms with van der Waals surface area (Å²) >= 11 is 0. The molecule has 0 saturated heterocycles. The van der Waals surface area contributed by atoms with E-state index >= 15 is 0 Å². The Labute approximate surface area is 166 Å². The van der Waals surface area contributed by atoms with Gasteiger partial charge in [0.15, 0.2) is 5.60 Å². The van der Waals surface area contributed by atoms with Crippen LogP contribution in [0.4, 0.5) is 0 Å². The number of pyridine rings is 2. The standard InChI is InChI=1S/C22H21N3O4/c1-3-22(28)15-8-17-19-13(9-25(17)20(26)14(15)10-29-21(22)27)18(11(2)23)12-6-4-5-7-16(12)24-19/h4-8,11,28H,3,9-10,23H2,1-2H3/t11-,22+/m1/s1. The number of para-hydroxylation sites is 1. The van der Waals surface area contributed by atoms with Gasteiger partial charge < -0.3 is 20.1 Å². The minimum Gasteiger partial charge on any atom is -0.458 e. The number of carbonyl (C=O) groups is 1. The highest BCUT2D eigenvalue weighted by molar-refractivity contribution is 5.89. The lowest BCUT2D eigenvalue weighted by Crippen LogP contribution is -2.44. The number of ether oxygens (including phenoxy) is 1. The summed E-state index contributed by atoms with van der Waals surface area (Å²) in [6.45, 7) is 3.82. The van der Waals surface area contributed by atoms with Crippen molar-refractivity contribution in [2.75, 3.05) is 0 Å². The van der Waals surface area contributed by atoms with Gasteiger partial charge in [-0.15, -0.1) is 0 Å². The smallest absolute Gasteiger partial charge is 0.343 e. The highest BCUT2D eigenvalue weighted by Crippen LogP contribution is 2.41. The van der Waals surface area contributed by atoms with E-state index < -0.39 is 11.6 Å². The van der Waals surface area contributed by atoms with Gasteiger partial charge in [0.05, 0.1) is 29.0 Å². The molecule has 0 amide bonds. The Kier molecular flexibility index (Phi) is 3.72. The van der Waals surface area contributed by atoms with Gasteiger partial charge >= 0.3 is 5.97 Å². The fraction of sp³-hybridized carbons (Fsp3) is 0.318. The number of carbonyl (C=O) groups excluding carboxylic acids is 1. The largest absolute Gasteiger partial charge is 0.458 e.